The van der Waals surface area contributed by atoms with Gasteiger partial charge in [0.05, 0.1) is 11.6 Å². The Labute approximate surface area is 113 Å². The van der Waals surface area contributed by atoms with Gasteiger partial charge in [-0.2, -0.15) is 0 Å². The van der Waals surface area contributed by atoms with Crippen LogP contribution in [0.25, 0.3) is 10.6 Å². The maximum absolute atomic E-state index is 6.09. The van der Waals surface area contributed by atoms with E-state index in [1.54, 1.807) is 12.1 Å². The lowest BCUT2D eigenvalue weighted by atomic mass is 10.2. The molecule has 0 bridgehead atoms. The van der Waals surface area contributed by atoms with Crippen molar-refractivity contribution in [1.29, 1.82) is 0 Å². The molecule has 0 N–H and O–H groups in total. The van der Waals surface area contributed by atoms with Crippen LogP contribution in [0.3, 0.4) is 0 Å². The van der Waals surface area contributed by atoms with Gasteiger partial charge in [0.2, 0.25) is 0 Å². The Kier molecular flexibility index (Phi) is 4.20. The maximum atomic E-state index is 6.09. The van der Waals surface area contributed by atoms with E-state index in [9.17, 15) is 0 Å². The van der Waals surface area contributed by atoms with Gasteiger partial charge in [0.15, 0.2) is 5.01 Å². The zero-order valence-electron chi connectivity index (χ0n) is 9.11. The van der Waals surface area contributed by atoms with E-state index in [0.717, 1.165) is 17.0 Å². The summed E-state index contributed by atoms with van der Waals surface area (Å²) in [7, 11) is 0. The zero-order chi connectivity index (χ0) is 12.3. The fraction of sp³-hybridized carbons (Fsp3) is 0.273. The van der Waals surface area contributed by atoms with E-state index in [0.29, 0.717) is 21.8 Å². The summed E-state index contributed by atoms with van der Waals surface area (Å²) >= 11 is 13.3. The van der Waals surface area contributed by atoms with Crippen LogP contribution < -0.4 is 4.74 Å². The van der Waals surface area contributed by atoms with Crippen LogP contribution in [0.2, 0.25) is 10.0 Å². The summed E-state index contributed by atoms with van der Waals surface area (Å²) in [5.41, 5.74) is 0.819. The molecule has 0 aliphatic carbocycles. The highest BCUT2D eigenvalue weighted by Crippen LogP contribution is 2.34. The molecule has 1 heterocycles. The highest BCUT2D eigenvalue weighted by Gasteiger charge is 2.11. The largest absolute Gasteiger partial charge is 0.469 e. The molecule has 0 aliphatic heterocycles. The molecule has 0 spiro atoms. The monoisotopic (exact) mass is 288 g/mol. The number of benzene rings is 1. The SMILES string of the molecule is CCCOc1nnc(-c2ccc(Cl)cc2Cl)s1. The summed E-state index contributed by atoms with van der Waals surface area (Å²) in [6.07, 6.45) is 0.941. The molecule has 2 rings (SSSR count). The molecule has 0 radical (unpaired) electrons. The zero-order valence-corrected chi connectivity index (χ0v) is 11.4. The molecule has 17 heavy (non-hydrogen) atoms. The van der Waals surface area contributed by atoms with Crippen LogP contribution in [0.5, 0.6) is 5.19 Å². The number of nitrogens with zero attached hydrogens (tertiary/aromatic N) is 2. The van der Waals surface area contributed by atoms with Crippen molar-refractivity contribution in [2.45, 2.75) is 13.3 Å². The molecule has 0 aliphatic rings. The van der Waals surface area contributed by atoms with E-state index in [4.69, 9.17) is 27.9 Å². The molecule has 3 nitrogen and oxygen atoms in total. The third kappa shape index (κ3) is 3.09. The summed E-state index contributed by atoms with van der Waals surface area (Å²) in [6.45, 7) is 2.68. The lowest BCUT2D eigenvalue weighted by molar-refractivity contribution is 0.313. The van der Waals surface area contributed by atoms with E-state index in [-0.39, 0.29) is 0 Å². The molecule has 0 unspecified atom stereocenters. The van der Waals surface area contributed by atoms with Crippen molar-refractivity contribution in [3.8, 4) is 15.8 Å². The number of hydrogen-bond donors (Lipinski definition) is 0. The minimum absolute atomic E-state index is 0.563. The van der Waals surface area contributed by atoms with Crippen LogP contribution in [-0.2, 0) is 0 Å². The molecule has 1 aromatic heterocycles. The van der Waals surface area contributed by atoms with Gasteiger partial charge in [-0.1, -0.05) is 46.6 Å². The van der Waals surface area contributed by atoms with Crippen molar-refractivity contribution >= 4 is 34.5 Å². The summed E-state index contributed by atoms with van der Waals surface area (Å²) in [4.78, 5) is 0. The van der Waals surface area contributed by atoms with E-state index in [1.807, 2.05) is 13.0 Å². The summed E-state index contributed by atoms with van der Waals surface area (Å²) in [5, 5.41) is 10.5. The molecule has 0 atom stereocenters. The normalized spacial score (nSPS) is 10.5. The van der Waals surface area contributed by atoms with Crippen molar-refractivity contribution in [3.63, 3.8) is 0 Å². The Morgan fingerprint density at radius 1 is 1.29 bits per heavy atom. The van der Waals surface area contributed by atoms with Gasteiger partial charge < -0.3 is 4.74 Å². The number of halogens is 2. The second-order valence-electron chi connectivity index (χ2n) is 3.35. The quantitative estimate of drug-likeness (QED) is 0.841. The molecule has 1 aromatic carbocycles. The summed E-state index contributed by atoms with van der Waals surface area (Å²) in [5.74, 6) is 0. The maximum Gasteiger partial charge on any atom is 0.294 e. The fourth-order valence-electron chi connectivity index (χ4n) is 1.23. The molecule has 0 saturated heterocycles. The van der Waals surface area contributed by atoms with E-state index in [1.165, 1.54) is 11.3 Å². The first-order valence-electron chi connectivity index (χ1n) is 5.12. The minimum Gasteiger partial charge on any atom is -0.469 e. The number of aromatic nitrogens is 2. The van der Waals surface area contributed by atoms with Crippen molar-refractivity contribution in [2.24, 2.45) is 0 Å². The third-order valence-electron chi connectivity index (χ3n) is 2.00. The average molecular weight is 289 g/mol. The van der Waals surface area contributed by atoms with Crippen LogP contribution >= 0.6 is 34.5 Å². The third-order valence-corrected chi connectivity index (χ3v) is 3.41. The molecule has 0 amide bonds. The van der Waals surface area contributed by atoms with Crippen molar-refractivity contribution in [2.75, 3.05) is 6.61 Å². The van der Waals surface area contributed by atoms with Gasteiger partial charge in [-0.25, -0.2) is 0 Å². The predicted molar refractivity (Wildman–Crippen MR) is 71.2 cm³/mol. The number of hydrogen-bond acceptors (Lipinski definition) is 4. The van der Waals surface area contributed by atoms with Crippen molar-refractivity contribution < 1.29 is 4.74 Å². The molecule has 0 fully saturated rings. The first-order valence-corrected chi connectivity index (χ1v) is 6.69. The molecular weight excluding hydrogens is 279 g/mol. The summed E-state index contributed by atoms with van der Waals surface area (Å²) < 4.78 is 5.40. The lowest BCUT2D eigenvalue weighted by Gasteiger charge is -1.99. The van der Waals surface area contributed by atoms with Crippen molar-refractivity contribution in [1.82, 2.24) is 10.2 Å². The van der Waals surface area contributed by atoms with Gasteiger partial charge in [0.1, 0.15) is 0 Å². The topological polar surface area (TPSA) is 35.0 Å². The second kappa shape index (κ2) is 5.67. The van der Waals surface area contributed by atoms with E-state index in [2.05, 4.69) is 10.2 Å². The van der Waals surface area contributed by atoms with Gasteiger partial charge in [-0.15, -0.1) is 5.10 Å². The fourth-order valence-corrected chi connectivity index (χ4v) is 2.54. The van der Waals surface area contributed by atoms with E-state index < -0.39 is 0 Å². The van der Waals surface area contributed by atoms with Gasteiger partial charge in [-0.05, 0) is 24.6 Å². The highest BCUT2D eigenvalue weighted by molar-refractivity contribution is 7.16. The van der Waals surface area contributed by atoms with Gasteiger partial charge in [-0.3, -0.25) is 0 Å². The molecule has 6 heteroatoms. The Hall–Kier alpha value is -0.840. The Balaban J connectivity index is 2.24. The van der Waals surface area contributed by atoms with E-state index >= 15 is 0 Å². The highest BCUT2D eigenvalue weighted by atomic mass is 35.5. The standard InChI is InChI=1S/C11H10Cl2N2OS/c1-2-5-16-11-15-14-10(17-11)8-4-3-7(12)6-9(8)13/h3-4,6H,2,5H2,1H3. The van der Waals surface area contributed by atoms with Gasteiger partial charge >= 0.3 is 0 Å². The van der Waals surface area contributed by atoms with Crippen LogP contribution in [0.15, 0.2) is 18.2 Å². The summed E-state index contributed by atoms with van der Waals surface area (Å²) in [6, 6.07) is 5.29. The molecular formula is C11H10Cl2N2OS. The first-order chi connectivity index (χ1) is 8.20. The Bertz CT molecular complexity index is 516. The second-order valence-corrected chi connectivity index (χ2v) is 5.13. The molecule has 90 valence electrons. The average Bonchev–Trinajstić information content (AvgIpc) is 2.75. The van der Waals surface area contributed by atoms with Gasteiger partial charge in [0, 0.05) is 10.6 Å². The molecule has 0 saturated carbocycles. The van der Waals surface area contributed by atoms with Crippen LogP contribution in [0.4, 0.5) is 0 Å². The van der Waals surface area contributed by atoms with Crippen LogP contribution in [0.1, 0.15) is 13.3 Å². The van der Waals surface area contributed by atoms with Gasteiger partial charge in [0.25, 0.3) is 5.19 Å². The van der Waals surface area contributed by atoms with Crippen LogP contribution in [0, 0.1) is 0 Å². The predicted octanol–water partition coefficient (Wildman–Crippen LogP) is 4.30. The van der Waals surface area contributed by atoms with Crippen LogP contribution in [-0.4, -0.2) is 16.8 Å². The Morgan fingerprint density at radius 2 is 2.12 bits per heavy atom. The van der Waals surface area contributed by atoms with Crippen molar-refractivity contribution in [3.05, 3.63) is 28.2 Å². The minimum atomic E-state index is 0.563. The number of ether oxygens (including phenoxy) is 1. The Morgan fingerprint density at radius 3 is 2.82 bits per heavy atom. The lowest BCUT2D eigenvalue weighted by Crippen LogP contribution is -1.93. The first kappa shape index (κ1) is 12.6. The number of rotatable bonds is 4. The molecule has 2 aromatic rings. The smallest absolute Gasteiger partial charge is 0.294 e.